The summed E-state index contributed by atoms with van der Waals surface area (Å²) in [5, 5.41) is 19.0. The molecule has 2 N–H and O–H groups in total. The first-order chi connectivity index (χ1) is 9.90. The highest BCUT2D eigenvalue weighted by atomic mass is 16.5. The maximum Gasteiger partial charge on any atom is 0.205 e. The van der Waals surface area contributed by atoms with E-state index in [1.807, 2.05) is 51.1 Å². The SMILES string of the molecule is CC(C)(C)C1=C(C#N)[C@@H](c2ccccc2)C(C#N)=C(N)O1. The van der Waals surface area contributed by atoms with Gasteiger partial charge in [-0.2, -0.15) is 10.5 Å². The van der Waals surface area contributed by atoms with Gasteiger partial charge in [-0.3, -0.25) is 0 Å². The van der Waals surface area contributed by atoms with E-state index in [0.717, 1.165) is 5.56 Å². The van der Waals surface area contributed by atoms with E-state index in [9.17, 15) is 10.5 Å². The number of hydrogen-bond donors (Lipinski definition) is 1. The van der Waals surface area contributed by atoms with Crippen LogP contribution in [0.4, 0.5) is 0 Å². The Kier molecular flexibility index (Phi) is 3.74. The minimum Gasteiger partial charge on any atom is -0.443 e. The zero-order valence-corrected chi connectivity index (χ0v) is 12.3. The molecule has 1 aromatic rings. The molecule has 1 aromatic carbocycles. The molecule has 21 heavy (non-hydrogen) atoms. The minimum atomic E-state index is -0.468. The molecule has 0 aliphatic carbocycles. The molecule has 0 amide bonds. The summed E-state index contributed by atoms with van der Waals surface area (Å²) < 4.78 is 5.60. The van der Waals surface area contributed by atoms with Gasteiger partial charge in [-0.15, -0.1) is 0 Å². The van der Waals surface area contributed by atoms with Crippen LogP contribution in [-0.2, 0) is 4.74 Å². The van der Waals surface area contributed by atoms with E-state index in [1.54, 1.807) is 0 Å². The van der Waals surface area contributed by atoms with Crippen LogP contribution in [0.2, 0.25) is 0 Å². The third-order valence-electron chi connectivity index (χ3n) is 3.35. The molecule has 4 nitrogen and oxygen atoms in total. The summed E-state index contributed by atoms with van der Waals surface area (Å²) in [7, 11) is 0. The van der Waals surface area contributed by atoms with Crippen molar-refractivity contribution in [2.24, 2.45) is 11.1 Å². The highest BCUT2D eigenvalue weighted by Crippen LogP contribution is 2.43. The van der Waals surface area contributed by atoms with Crippen molar-refractivity contribution in [2.75, 3.05) is 0 Å². The topological polar surface area (TPSA) is 82.8 Å². The molecule has 2 rings (SSSR count). The highest BCUT2D eigenvalue weighted by molar-refractivity contribution is 5.53. The Morgan fingerprint density at radius 2 is 1.62 bits per heavy atom. The van der Waals surface area contributed by atoms with Crippen molar-refractivity contribution < 1.29 is 4.74 Å². The fourth-order valence-electron chi connectivity index (χ4n) is 2.41. The second-order valence-electron chi connectivity index (χ2n) is 5.94. The van der Waals surface area contributed by atoms with Crippen molar-refractivity contribution in [1.29, 1.82) is 10.5 Å². The Morgan fingerprint density at radius 3 is 2.10 bits per heavy atom. The van der Waals surface area contributed by atoms with Crippen LogP contribution in [0.1, 0.15) is 32.3 Å². The van der Waals surface area contributed by atoms with Gasteiger partial charge in [-0.25, -0.2) is 0 Å². The molecule has 0 saturated carbocycles. The number of nitriles is 2. The van der Waals surface area contributed by atoms with E-state index in [-0.39, 0.29) is 16.9 Å². The number of rotatable bonds is 1. The second kappa shape index (κ2) is 5.34. The van der Waals surface area contributed by atoms with Crippen LogP contribution < -0.4 is 5.73 Å². The molecule has 1 aliphatic heterocycles. The number of nitrogens with two attached hydrogens (primary N) is 1. The van der Waals surface area contributed by atoms with Gasteiger partial charge < -0.3 is 10.5 Å². The van der Waals surface area contributed by atoms with Gasteiger partial charge in [-0.1, -0.05) is 51.1 Å². The fraction of sp³-hybridized carbons (Fsp3) is 0.294. The molecular weight excluding hydrogens is 262 g/mol. The summed E-state index contributed by atoms with van der Waals surface area (Å²) in [5.41, 5.74) is 7.13. The molecule has 0 fully saturated rings. The van der Waals surface area contributed by atoms with Crippen LogP contribution in [0.3, 0.4) is 0 Å². The monoisotopic (exact) mass is 279 g/mol. The largest absolute Gasteiger partial charge is 0.443 e. The summed E-state index contributed by atoms with van der Waals surface area (Å²) in [5.74, 6) is 0.134. The maximum atomic E-state index is 9.60. The molecule has 1 aliphatic rings. The van der Waals surface area contributed by atoms with Gasteiger partial charge in [-0.05, 0) is 5.56 Å². The zero-order valence-electron chi connectivity index (χ0n) is 12.3. The van der Waals surface area contributed by atoms with Gasteiger partial charge in [0.05, 0.1) is 17.6 Å². The number of allylic oxidation sites excluding steroid dienone is 3. The zero-order chi connectivity index (χ0) is 15.6. The smallest absolute Gasteiger partial charge is 0.205 e. The first-order valence-corrected chi connectivity index (χ1v) is 6.67. The molecule has 1 atom stereocenters. The molecule has 0 unspecified atom stereocenters. The predicted molar refractivity (Wildman–Crippen MR) is 79.2 cm³/mol. The lowest BCUT2D eigenvalue weighted by Gasteiger charge is -2.32. The number of hydrogen-bond acceptors (Lipinski definition) is 4. The quantitative estimate of drug-likeness (QED) is 0.854. The van der Waals surface area contributed by atoms with Gasteiger partial charge in [0.25, 0.3) is 0 Å². The summed E-state index contributed by atoms with van der Waals surface area (Å²) in [6, 6.07) is 13.7. The Morgan fingerprint density at radius 1 is 1.05 bits per heavy atom. The lowest BCUT2D eigenvalue weighted by molar-refractivity contribution is 0.199. The van der Waals surface area contributed by atoms with Crippen molar-refractivity contribution in [2.45, 2.75) is 26.7 Å². The lowest BCUT2D eigenvalue weighted by Crippen LogP contribution is -2.26. The van der Waals surface area contributed by atoms with Crippen molar-refractivity contribution in [1.82, 2.24) is 0 Å². The third-order valence-corrected chi connectivity index (χ3v) is 3.35. The Hall–Kier alpha value is -2.72. The number of benzene rings is 1. The van der Waals surface area contributed by atoms with Crippen molar-refractivity contribution in [3.8, 4) is 12.1 Å². The summed E-state index contributed by atoms with van der Waals surface area (Å²) in [4.78, 5) is 0. The first-order valence-electron chi connectivity index (χ1n) is 6.67. The molecule has 0 aromatic heterocycles. The van der Waals surface area contributed by atoms with Crippen molar-refractivity contribution >= 4 is 0 Å². The first kappa shape index (κ1) is 14.7. The molecular formula is C17H17N3O. The second-order valence-corrected chi connectivity index (χ2v) is 5.94. The summed E-state index contributed by atoms with van der Waals surface area (Å²) in [6.45, 7) is 5.85. The average molecular weight is 279 g/mol. The summed E-state index contributed by atoms with van der Waals surface area (Å²) in [6.07, 6.45) is 0. The van der Waals surface area contributed by atoms with E-state index in [1.165, 1.54) is 0 Å². The van der Waals surface area contributed by atoms with E-state index in [2.05, 4.69) is 12.1 Å². The summed E-state index contributed by atoms with van der Waals surface area (Å²) >= 11 is 0. The molecule has 0 radical (unpaired) electrons. The molecule has 4 heteroatoms. The Bertz CT molecular complexity index is 694. The fourth-order valence-corrected chi connectivity index (χ4v) is 2.41. The van der Waals surface area contributed by atoms with Gasteiger partial charge in [0, 0.05) is 5.41 Å². The molecule has 1 heterocycles. The van der Waals surface area contributed by atoms with Gasteiger partial charge in [0.15, 0.2) is 0 Å². The molecule has 0 saturated heterocycles. The number of nitrogens with zero attached hydrogens (tertiary/aromatic N) is 2. The van der Waals surface area contributed by atoms with Crippen molar-refractivity contribution in [3.05, 3.63) is 58.7 Å². The van der Waals surface area contributed by atoms with Crippen LogP contribution in [0.15, 0.2) is 53.1 Å². The lowest BCUT2D eigenvalue weighted by atomic mass is 9.79. The van der Waals surface area contributed by atoms with E-state index < -0.39 is 5.92 Å². The molecule has 106 valence electrons. The Balaban J connectivity index is 2.71. The van der Waals surface area contributed by atoms with Crippen molar-refractivity contribution in [3.63, 3.8) is 0 Å². The predicted octanol–water partition coefficient (Wildman–Crippen LogP) is 3.32. The molecule has 0 spiro atoms. The third kappa shape index (κ3) is 2.61. The minimum absolute atomic E-state index is 0.0790. The number of ether oxygens (including phenoxy) is 1. The van der Waals surface area contributed by atoms with Crippen LogP contribution in [0, 0.1) is 28.1 Å². The standard InChI is InChI=1S/C17H17N3O/c1-17(2,3)15-12(9-18)14(11-7-5-4-6-8-11)13(10-19)16(20)21-15/h4-8,14H,20H2,1-3H3/t14-/m1/s1. The van der Waals surface area contributed by atoms with E-state index in [4.69, 9.17) is 10.5 Å². The average Bonchev–Trinajstić information content (AvgIpc) is 2.46. The van der Waals surface area contributed by atoms with Gasteiger partial charge in [0.2, 0.25) is 5.88 Å². The van der Waals surface area contributed by atoms with E-state index >= 15 is 0 Å². The van der Waals surface area contributed by atoms with Gasteiger partial charge in [0.1, 0.15) is 17.4 Å². The van der Waals surface area contributed by atoms with Crippen LogP contribution in [-0.4, -0.2) is 0 Å². The Labute approximate surface area is 124 Å². The van der Waals surface area contributed by atoms with E-state index in [0.29, 0.717) is 11.3 Å². The highest BCUT2D eigenvalue weighted by Gasteiger charge is 2.37. The maximum absolute atomic E-state index is 9.60. The van der Waals surface area contributed by atoms with Crippen LogP contribution in [0.5, 0.6) is 0 Å². The normalized spacial score (nSPS) is 18.8. The van der Waals surface area contributed by atoms with Crippen LogP contribution in [0.25, 0.3) is 0 Å². The van der Waals surface area contributed by atoms with Gasteiger partial charge >= 0.3 is 0 Å². The van der Waals surface area contributed by atoms with Crippen LogP contribution >= 0.6 is 0 Å². The molecule has 0 bridgehead atoms.